The fraction of sp³-hybridized carbons (Fsp3) is 0.200. The molecule has 0 aliphatic rings. The van der Waals surface area contributed by atoms with Gasteiger partial charge in [-0.15, -0.1) is 0 Å². The summed E-state index contributed by atoms with van der Waals surface area (Å²) in [6.45, 7) is 1.39. The molecule has 14 heavy (non-hydrogen) atoms. The van der Waals surface area contributed by atoms with Crippen LogP contribution in [0.5, 0.6) is 0 Å². The Morgan fingerprint density at radius 1 is 1.21 bits per heavy atom. The summed E-state index contributed by atoms with van der Waals surface area (Å²) in [6, 6.07) is 9.06. The second-order valence-corrected chi connectivity index (χ2v) is 2.79. The second kappa shape index (κ2) is 6.35. The fourth-order valence-electron chi connectivity index (χ4n) is 0.953. The third-order valence-corrected chi connectivity index (χ3v) is 1.47. The summed E-state index contributed by atoms with van der Waals surface area (Å²) in [5.74, 6) is -0.396. The van der Waals surface area contributed by atoms with Gasteiger partial charge in [0.05, 0.1) is 6.42 Å². The summed E-state index contributed by atoms with van der Waals surface area (Å²) in [4.78, 5) is 21.7. The van der Waals surface area contributed by atoms with Crippen molar-refractivity contribution in [1.82, 2.24) is 0 Å². The van der Waals surface area contributed by atoms with Gasteiger partial charge in [0.2, 0.25) is 5.91 Å². The zero-order valence-corrected chi connectivity index (χ0v) is 8.65. The van der Waals surface area contributed by atoms with Crippen LogP contribution in [-0.4, -0.2) is 11.7 Å². The van der Waals surface area contributed by atoms with E-state index in [-0.39, 0.29) is 35.2 Å². The third-order valence-electron chi connectivity index (χ3n) is 1.47. The molecule has 1 amide bonds. The van der Waals surface area contributed by atoms with E-state index in [2.05, 4.69) is 5.32 Å². The number of hydrogen-bond acceptors (Lipinski definition) is 2. The van der Waals surface area contributed by atoms with E-state index in [9.17, 15) is 9.59 Å². The van der Waals surface area contributed by atoms with E-state index in [1.54, 1.807) is 12.1 Å². The average Bonchev–Trinajstić information content (AvgIpc) is 2.04. The molecule has 4 heteroatoms. The van der Waals surface area contributed by atoms with Gasteiger partial charge in [-0.05, 0) is 19.1 Å². The number of rotatable bonds is 3. The van der Waals surface area contributed by atoms with E-state index < -0.39 is 0 Å². The topological polar surface area (TPSA) is 46.2 Å². The van der Waals surface area contributed by atoms with Crippen LogP contribution in [-0.2, 0) is 26.7 Å². The number of carbonyl (C=O) groups excluding carboxylic acids is 2. The monoisotopic (exact) mass is 240 g/mol. The van der Waals surface area contributed by atoms with Gasteiger partial charge in [-0.25, -0.2) is 0 Å². The largest absolute Gasteiger partial charge is 2.00 e. The number of ketones is 1. The molecule has 0 atom stereocenters. The Hall–Kier alpha value is -1.12. The van der Waals surface area contributed by atoms with Crippen LogP contribution in [0.4, 0.5) is 5.69 Å². The van der Waals surface area contributed by atoms with Crippen molar-refractivity contribution < 1.29 is 26.7 Å². The Balaban J connectivity index is 0.00000169. The number of hydrogen-bond donors (Lipinski definition) is 1. The van der Waals surface area contributed by atoms with Crippen LogP contribution in [0.25, 0.3) is 0 Å². The number of Topliss-reactive ketones (excluding diaryl/α,β-unsaturated/α-hetero) is 1. The predicted molar refractivity (Wildman–Crippen MR) is 50.4 cm³/mol. The van der Waals surface area contributed by atoms with Gasteiger partial charge >= 0.3 is 17.1 Å². The maximum Gasteiger partial charge on any atom is 2.00 e. The van der Waals surface area contributed by atoms with Crippen LogP contribution < -0.4 is 5.32 Å². The van der Waals surface area contributed by atoms with Crippen LogP contribution in [0.2, 0.25) is 0 Å². The Morgan fingerprint density at radius 2 is 1.79 bits per heavy atom. The molecule has 0 spiro atoms. The number of benzene rings is 1. The van der Waals surface area contributed by atoms with Crippen LogP contribution in [0.1, 0.15) is 13.3 Å². The molecule has 1 radical (unpaired) electrons. The first kappa shape index (κ1) is 12.9. The number of para-hydroxylation sites is 1. The summed E-state index contributed by atoms with van der Waals surface area (Å²) in [5, 5.41) is 2.61. The normalized spacial score (nSPS) is 8.64. The molecule has 0 heterocycles. The summed E-state index contributed by atoms with van der Waals surface area (Å²) >= 11 is 0. The van der Waals surface area contributed by atoms with Gasteiger partial charge in [-0.1, -0.05) is 18.2 Å². The second-order valence-electron chi connectivity index (χ2n) is 2.79. The SMILES string of the molecule is CC(=O)CC(=O)Nc1ccccc1.[Cu+2]. The van der Waals surface area contributed by atoms with Gasteiger partial charge in [0.15, 0.2) is 0 Å². The summed E-state index contributed by atoms with van der Waals surface area (Å²) in [6.07, 6.45) is -0.0606. The third kappa shape index (κ3) is 4.80. The summed E-state index contributed by atoms with van der Waals surface area (Å²) < 4.78 is 0. The van der Waals surface area contributed by atoms with Gasteiger partial charge in [-0.2, -0.15) is 0 Å². The molecule has 1 aromatic rings. The molecule has 1 N–H and O–H groups in total. The van der Waals surface area contributed by atoms with Crippen molar-refractivity contribution in [1.29, 1.82) is 0 Å². The van der Waals surface area contributed by atoms with Gasteiger partial charge < -0.3 is 5.32 Å². The first-order chi connectivity index (χ1) is 6.18. The summed E-state index contributed by atoms with van der Waals surface area (Å²) in [5.41, 5.74) is 0.716. The standard InChI is InChI=1S/C10H11NO2.Cu/c1-8(12)7-10(13)11-9-5-3-2-4-6-9;/h2-6H,7H2,1H3,(H,11,13);/q;+2. The average molecular weight is 241 g/mol. The smallest absolute Gasteiger partial charge is 0.326 e. The Morgan fingerprint density at radius 3 is 2.29 bits per heavy atom. The van der Waals surface area contributed by atoms with E-state index in [0.29, 0.717) is 5.69 Å². The first-order valence-electron chi connectivity index (χ1n) is 4.03. The van der Waals surface area contributed by atoms with Gasteiger partial charge in [0.25, 0.3) is 0 Å². The van der Waals surface area contributed by atoms with E-state index in [1.165, 1.54) is 6.92 Å². The maximum absolute atomic E-state index is 11.1. The quantitative estimate of drug-likeness (QED) is 0.645. The van der Waals surface area contributed by atoms with Crippen molar-refractivity contribution in [2.45, 2.75) is 13.3 Å². The number of anilines is 1. The zero-order valence-electron chi connectivity index (χ0n) is 7.71. The number of carbonyl (C=O) groups is 2. The van der Waals surface area contributed by atoms with Crippen LogP contribution in [0.3, 0.4) is 0 Å². The van der Waals surface area contributed by atoms with E-state index >= 15 is 0 Å². The molecule has 1 rings (SSSR count). The molecule has 0 aliphatic carbocycles. The maximum atomic E-state index is 11.1. The molecular formula is C10H11CuNO2+2. The van der Waals surface area contributed by atoms with E-state index in [1.807, 2.05) is 18.2 Å². The van der Waals surface area contributed by atoms with Crippen molar-refractivity contribution in [3.63, 3.8) is 0 Å². The first-order valence-corrected chi connectivity index (χ1v) is 4.03. The molecular weight excluding hydrogens is 230 g/mol. The molecule has 0 bridgehead atoms. The van der Waals surface area contributed by atoms with Crippen molar-refractivity contribution in [3.8, 4) is 0 Å². The van der Waals surface area contributed by atoms with Crippen molar-refractivity contribution in [2.75, 3.05) is 5.32 Å². The molecule has 77 valence electrons. The van der Waals surface area contributed by atoms with Gasteiger partial charge in [0, 0.05) is 5.69 Å². The van der Waals surface area contributed by atoms with E-state index in [4.69, 9.17) is 0 Å². The van der Waals surface area contributed by atoms with Crippen LogP contribution in [0.15, 0.2) is 30.3 Å². The van der Waals surface area contributed by atoms with Crippen LogP contribution in [0, 0.1) is 0 Å². The molecule has 1 aromatic carbocycles. The fourth-order valence-corrected chi connectivity index (χ4v) is 0.953. The van der Waals surface area contributed by atoms with Gasteiger partial charge in [0.1, 0.15) is 5.78 Å². The molecule has 0 aliphatic heterocycles. The van der Waals surface area contributed by atoms with Crippen molar-refractivity contribution >= 4 is 17.4 Å². The predicted octanol–water partition coefficient (Wildman–Crippen LogP) is 1.60. The Kier molecular flexibility index (Phi) is 5.84. The molecule has 0 saturated carbocycles. The Labute approximate surface area is 93.4 Å². The molecule has 3 nitrogen and oxygen atoms in total. The molecule has 0 saturated heterocycles. The Bertz CT molecular complexity index is 311. The minimum atomic E-state index is -0.265. The summed E-state index contributed by atoms with van der Waals surface area (Å²) in [7, 11) is 0. The zero-order chi connectivity index (χ0) is 9.68. The van der Waals surface area contributed by atoms with Crippen molar-refractivity contribution in [2.24, 2.45) is 0 Å². The number of nitrogens with one attached hydrogen (secondary N) is 1. The van der Waals surface area contributed by atoms with Crippen LogP contribution >= 0.6 is 0 Å². The minimum absolute atomic E-state index is 0. The molecule has 0 unspecified atom stereocenters. The van der Waals surface area contributed by atoms with Gasteiger partial charge in [-0.3, -0.25) is 9.59 Å². The number of amides is 1. The van der Waals surface area contributed by atoms with E-state index in [0.717, 1.165) is 0 Å². The van der Waals surface area contributed by atoms with Crippen molar-refractivity contribution in [3.05, 3.63) is 30.3 Å². The minimum Gasteiger partial charge on any atom is -0.326 e. The molecule has 0 fully saturated rings. The molecule has 0 aromatic heterocycles.